The van der Waals surface area contributed by atoms with Crippen LogP contribution >= 0.6 is 11.8 Å². The van der Waals surface area contributed by atoms with E-state index in [1.165, 1.54) is 19.2 Å². The van der Waals surface area contributed by atoms with E-state index < -0.39 is 5.82 Å². The highest BCUT2D eigenvalue weighted by Crippen LogP contribution is 2.22. The van der Waals surface area contributed by atoms with Gasteiger partial charge in [-0.2, -0.15) is 0 Å². The molecule has 0 bridgehead atoms. The lowest BCUT2D eigenvalue weighted by Gasteiger charge is -2.05. The summed E-state index contributed by atoms with van der Waals surface area (Å²) in [5.41, 5.74) is 0.870. The van der Waals surface area contributed by atoms with Crippen LogP contribution in [-0.4, -0.2) is 18.6 Å². The molecule has 0 heterocycles. The Balaban J connectivity index is 2.24. The summed E-state index contributed by atoms with van der Waals surface area (Å²) in [4.78, 5) is 13.4. The lowest BCUT2D eigenvalue weighted by Crippen LogP contribution is -2.02. The summed E-state index contributed by atoms with van der Waals surface area (Å²) in [7, 11) is 1.39. The number of rotatable bonds is 5. The van der Waals surface area contributed by atoms with Crippen LogP contribution in [0.2, 0.25) is 0 Å². The predicted molar refractivity (Wildman–Crippen MR) is 79.2 cm³/mol. The zero-order chi connectivity index (χ0) is 14.5. The average Bonchev–Trinajstić information content (AvgIpc) is 2.47. The molecule has 0 aliphatic heterocycles. The number of carbonyl (C=O) groups is 1. The molecule has 2 aromatic carbocycles. The van der Waals surface area contributed by atoms with Gasteiger partial charge in [-0.05, 0) is 48.2 Å². The van der Waals surface area contributed by atoms with Crippen molar-refractivity contribution in [3.05, 3.63) is 59.4 Å². The SMILES string of the molecule is CCSc1ccc(C(=O)c2ccc(OC)c(F)c2)cc1. The number of ether oxygens (including phenoxy) is 1. The lowest BCUT2D eigenvalue weighted by molar-refractivity contribution is 0.103. The van der Waals surface area contributed by atoms with E-state index >= 15 is 0 Å². The van der Waals surface area contributed by atoms with Crippen molar-refractivity contribution in [3.8, 4) is 5.75 Å². The van der Waals surface area contributed by atoms with Crippen molar-refractivity contribution in [2.45, 2.75) is 11.8 Å². The van der Waals surface area contributed by atoms with Gasteiger partial charge in [0.1, 0.15) is 0 Å². The third-order valence-corrected chi connectivity index (χ3v) is 3.74. The first-order chi connectivity index (χ1) is 9.65. The van der Waals surface area contributed by atoms with Crippen molar-refractivity contribution in [3.63, 3.8) is 0 Å². The smallest absolute Gasteiger partial charge is 0.193 e. The third kappa shape index (κ3) is 3.20. The summed E-state index contributed by atoms with van der Waals surface area (Å²) in [6.45, 7) is 2.07. The summed E-state index contributed by atoms with van der Waals surface area (Å²) in [5.74, 6) is 0.393. The molecule has 0 aliphatic rings. The monoisotopic (exact) mass is 290 g/mol. The Morgan fingerprint density at radius 3 is 2.35 bits per heavy atom. The van der Waals surface area contributed by atoms with Gasteiger partial charge in [-0.25, -0.2) is 4.39 Å². The van der Waals surface area contributed by atoms with Crippen molar-refractivity contribution in [1.29, 1.82) is 0 Å². The highest BCUT2D eigenvalue weighted by Gasteiger charge is 2.12. The first-order valence-corrected chi connectivity index (χ1v) is 7.25. The van der Waals surface area contributed by atoms with Crippen LogP contribution in [0.3, 0.4) is 0 Å². The van der Waals surface area contributed by atoms with Crippen LogP contribution in [0.4, 0.5) is 4.39 Å². The number of hydrogen-bond donors (Lipinski definition) is 0. The van der Waals surface area contributed by atoms with E-state index in [-0.39, 0.29) is 11.5 Å². The Bertz CT molecular complexity index is 608. The fourth-order valence-corrected chi connectivity index (χ4v) is 2.51. The predicted octanol–water partition coefficient (Wildman–Crippen LogP) is 4.18. The first kappa shape index (κ1) is 14.6. The molecule has 0 amide bonds. The van der Waals surface area contributed by atoms with Crippen LogP contribution in [0.15, 0.2) is 47.4 Å². The summed E-state index contributed by atoms with van der Waals surface area (Å²) in [6.07, 6.45) is 0. The molecule has 4 heteroatoms. The molecule has 2 aromatic rings. The minimum atomic E-state index is -0.531. The van der Waals surface area contributed by atoms with Crippen molar-refractivity contribution < 1.29 is 13.9 Å². The maximum Gasteiger partial charge on any atom is 0.193 e. The van der Waals surface area contributed by atoms with E-state index in [1.54, 1.807) is 30.0 Å². The van der Waals surface area contributed by atoms with E-state index in [0.29, 0.717) is 11.1 Å². The molecule has 0 saturated carbocycles. The van der Waals surface area contributed by atoms with Crippen LogP contribution in [0, 0.1) is 5.82 Å². The first-order valence-electron chi connectivity index (χ1n) is 6.26. The molecule has 104 valence electrons. The quantitative estimate of drug-likeness (QED) is 0.610. The van der Waals surface area contributed by atoms with E-state index in [0.717, 1.165) is 10.6 Å². The molecule has 2 nitrogen and oxygen atoms in total. The maximum absolute atomic E-state index is 13.6. The second kappa shape index (κ2) is 6.57. The summed E-state index contributed by atoms with van der Waals surface area (Å²) >= 11 is 1.71. The maximum atomic E-state index is 13.6. The van der Waals surface area contributed by atoms with E-state index in [9.17, 15) is 9.18 Å². The van der Waals surface area contributed by atoms with Gasteiger partial charge in [0.25, 0.3) is 0 Å². The molecule has 0 radical (unpaired) electrons. The number of thioether (sulfide) groups is 1. The van der Waals surface area contributed by atoms with Crippen molar-refractivity contribution in [1.82, 2.24) is 0 Å². The van der Waals surface area contributed by atoms with Crippen LogP contribution in [-0.2, 0) is 0 Å². The van der Waals surface area contributed by atoms with Gasteiger partial charge >= 0.3 is 0 Å². The Morgan fingerprint density at radius 1 is 1.15 bits per heavy atom. The molecular weight excluding hydrogens is 275 g/mol. The number of methoxy groups -OCH3 is 1. The average molecular weight is 290 g/mol. The second-order valence-corrected chi connectivity index (χ2v) is 5.47. The number of hydrogen-bond acceptors (Lipinski definition) is 3. The molecule has 0 aliphatic carbocycles. The van der Waals surface area contributed by atoms with Gasteiger partial charge in [0.15, 0.2) is 17.3 Å². The van der Waals surface area contributed by atoms with E-state index in [2.05, 4.69) is 6.92 Å². The van der Waals surface area contributed by atoms with Crippen molar-refractivity contribution >= 4 is 17.5 Å². The van der Waals surface area contributed by atoms with Gasteiger partial charge < -0.3 is 4.74 Å². The molecule has 0 atom stereocenters. The number of halogens is 1. The molecule has 0 spiro atoms. The Labute approximate surface area is 122 Å². The standard InChI is InChI=1S/C16H15FO2S/c1-3-20-13-7-4-11(5-8-13)16(18)12-6-9-15(19-2)14(17)10-12/h4-10H,3H2,1-2H3. The Morgan fingerprint density at radius 2 is 1.80 bits per heavy atom. The van der Waals surface area contributed by atoms with Gasteiger partial charge in [-0.3, -0.25) is 4.79 Å². The minimum Gasteiger partial charge on any atom is -0.494 e. The number of ketones is 1. The van der Waals surface area contributed by atoms with Crippen molar-refractivity contribution in [2.75, 3.05) is 12.9 Å². The normalized spacial score (nSPS) is 10.3. The summed E-state index contributed by atoms with van der Waals surface area (Å²) in [5, 5.41) is 0. The molecule has 0 N–H and O–H groups in total. The van der Waals surface area contributed by atoms with Crippen LogP contribution in [0.5, 0.6) is 5.75 Å². The zero-order valence-electron chi connectivity index (χ0n) is 11.4. The minimum absolute atomic E-state index is 0.135. The fourth-order valence-electron chi connectivity index (χ4n) is 1.84. The molecule has 0 aromatic heterocycles. The van der Waals surface area contributed by atoms with Gasteiger partial charge in [-0.15, -0.1) is 11.8 Å². The molecule has 20 heavy (non-hydrogen) atoms. The molecular formula is C16H15FO2S. The third-order valence-electron chi connectivity index (χ3n) is 2.84. The second-order valence-electron chi connectivity index (χ2n) is 4.14. The van der Waals surface area contributed by atoms with Crippen LogP contribution < -0.4 is 4.74 Å². The number of benzene rings is 2. The van der Waals surface area contributed by atoms with Crippen LogP contribution in [0.25, 0.3) is 0 Å². The summed E-state index contributed by atoms with van der Waals surface area (Å²) < 4.78 is 18.4. The topological polar surface area (TPSA) is 26.3 Å². The zero-order valence-corrected chi connectivity index (χ0v) is 12.2. The molecule has 0 saturated heterocycles. The lowest BCUT2D eigenvalue weighted by atomic mass is 10.0. The molecule has 0 fully saturated rings. The number of carbonyl (C=O) groups excluding carboxylic acids is 1. The van der Waals surface area contributed by atoms with Gasteiger partial charge in [0.05, 0.1) is 7.11 Å². The summed E-state index contributed by atoms with van der Waals surface area (Å²) in [6, 6.07) is 11.6. The van der Waals surface area contributed by atoms with Crippen molar-refractivity contribution in [2.24, 2.45) is 0 Å². The van der Waals surface area contributed by atoms with Crippen LogP contribution in [0.1, 0.15) is 22.8 Å². The van der Waals surface area contributed by atoms with Gasteiger partial charge in [-0.1, -0.05) is 6.92 Å². The highest BCUT2D eigenvalue weighted by molar-refractivity contribution is 7.99. The Kier molecular flexibility index (Phi) is 4.79. The Hall–Kier alpha value is -1.81. The van der Waals surface area contributed by atoms with E-state index in [1.807, 2.05) is 12.1 Å². The fraction of sp³-hybridized carbons (Fsp3) is 0.188. The van der Waals surface area contributed by atoms with Gasteiger partial charge in [0, 0.05) is 16.0 Å². The van der Waals surface area contributed by atoms with E-state index in [4.69, 9.17) is 4.74 Å². The highest BCUT2D eigenvalue weighted by atomic mass is 32.2. The largest absolute Gasteiger partial charge is 0.494 e. The molecule has 2 rings (SSSR count). The molecule has 0 unspecified atom stereocenters. The van der Waals surface area contributed by atoms with Gasteiger partial charge in [0.2, 0.25) is 0 Å².